The first-order valence-electron chi connectivity index (χ1n) is 7.13. The van der Waals surface area contributed by atoms with E-state index in [1.54, 1.807) is 0 Å². The molecule has 19 heavy (non-hydrogen) atoms. The summed E-state index contributed by atoms with van der Waals surface area (Å²) < 4.78 is 0. The van der Waals surface area contributed by atoms with Gasteiger partial charge < -0.3 is 10.0 Å². The van der Waals surface area contributed by atoms with E-state index in [4.69, 9.17) is 0 Å². The SMILES string of the molecule is CC[C@@H](O)c1ccc(N2CC(C)N(C)C(C)C2)cn1. The lowest BCUT2D eigenvalue weighted by Crippen LogP contribution is -2.55. The average Bonchev–Trinajstić information content (AvgIpc) is 2.43. The van der Waals surface area contributed by atoms with Gasteiger partial charge in [-0.05, 0) is 39.4 Å². The first-order valence-corrected chi connectivity index (χ1v) is 7.13. The Morgan fingerprint density at radius 3 is 2.42 bits per heavy atom. The van der Waals surface area contributed by atoms with Gasteiger partial charge in [-0.3, -0.25) is 9.88 Å². The van der Waals surface area contributed by atoms with Crippen LogP contribution in [0.3, 0.4) is 0 Å². The van der Waals surface area contributed by atoms with E-state index in [2.05, 4.69) is 41.7 Å². The molecule has 1 aromatic heterocycles. The average molecular weight is 263 g/mol. The Morgan fingerprint density at radius 2 is 1.95 bits per heavy atom. The highest BCUT2D eigenvalue weighted by atomic mass is 16.3. The molecule has 0 saturated carbocycles. The number of hydrogen-bond donors (Lipinski definition) is 1. The van der Waals surface area contributed by atoms with Crippen molar-refractivity contribution in [2.75, 3.05) is 25.0 Å². The molecular weight excluding hydrogens is 238 g/mol. The molecule has 4 heteroatoms. The van der Waals surface area contributed by atoms with Crippen LogP contribution in [0.15, 0.2) is 18.3 Å². The smallest absolute Gasteiger partial charge is 0.0957 e. The van der Waals surface area contributed by atoms with E-state index < -0.39 is 6.10 Å². The van der Waals surface area contributed by atoms with Gasteiger partial charge in [-0.2, -0.15) is 0 Å². The molecule has 0 spiro atoms. The number of anilines is 1. The molecule has 0 amide bonds. The Morgan fingerprint density at radius 1 is 1.32 bits per heavy atom. The predicted molar refractivity (Wildman–Crippen MR) is 78.4 cm³/mol. The fourth-order valence-corrected chi connectivity index (χ4v) is 2.61. The maximum Gasteiger partial charge on any atom is 0.0957 e. The molecule has 1 aliphatic rings. The normalized spacial score (nSPS) is 26.5. The molecule has 2 unspecified atom stereocenters. The van der Waals surface area contributed by atoms with Crippen LogP contribution >= 0.6 is 0 Å². The molecular formula is C15H25N3O. The number of nitrogens with zero attached hydrogens (tertiary/aromatic N) is 3. The van der Waals surface area contributed by atoms with Crippen LogP contribution in [0.1, 0.15) is 39.0 Å². The number of likely N-dealkylation sites (N-methyl/N-ethyl adjacent to an activating group) is 1. The Balaban J connectivity index is 2.10. The second kappa shape index (κ2) is 5.88. The van der Waals surface area contributed by atoms with E-state index in [0.29, 0.717) is 18.5 Å². The van der Waals surface area contributed by atoms with E-state index in [1.165, 1.54) is 0 Å². The van der Waals surface area contributed by atoms with Crippen molar-refractivity contribution in [1.82, 2.24) is 9.88 Å². The summed E-state index contributed by atoms with van der Waals surface area (Å²) in [5, 5.41) is 9.77. The van der Waals surface area contributed by atoms with Crippen LogP contribution in [0, 0.1) is 0 Å². The van der Waals surface area contributed by atoms with Gasteiger partial charge in [0.15, 0.2) is 0 Å². The monoisotopic (exact) mass is 263 g/mol. The molecule has 0 aromatic carbocycles. The molecule has 0 radical (unpaired) electrons. The van der Waals surface area contributed by atoms with Gasteiger partial charge in [-0.15, -0.1) is 0 Å². The molecule has 1 saturated heterocycles. The standard InChI is InChI=1S/C15H25N3O/c1-5-15(19)14-7-6-13(8-16-14)18-9-11(2)17(4)12(3)10-18/h6-8,11-12,15,19H,5,9-10H2,1-4H3/t11?,12?,15-/m1/s1. The number of rotatable bonds is 3. The summed E-state index contributed by atoms with van der Waals surface area (Å²) in [6.07, 6.45) is 2.15. The van der Waals surface area contributed by atoms with Crippen molar-refractivity contribution >= 4 is 5.69 Å². The zero-order valence-electron chi connectivity index (χ0n) is 12.4. The molecule has 3 atom stereocenters. The van der Waals surface area contributed by atoms with Crippen LogP contribution in [0.25, 0.3) is 0 Å². The van der Waals surface area contributed by atoms with Gasteiger partial charge >= 0.3 is 0 Å². The largest absolute Gasteiger partial charge is 0.387 e. The number of aromatic nitrogens is 1. The lowest BCUT2D eigenvalue weighted by atomic mass is 10.1. The molecule has 1 aromatic rings. The van der Waals surface area contributed by atoms with Crippen LogP contribution < -0.4 is 4.90 Å². The van der Waals surface area contributed by atoms with Crippen molar-refractivity contribution in [2.45, 2.75) is 45.4 Å². The van der Waals surface area contributed by atoms with Gasteiger partial charge in [-0.25, -0.2) is 0 Å². The summed E-state index contributed by atoms with van der Waals surface area (Å²) in [5.74, 6) is 0. The second-order valence-electron chi connectivity index (χ2n) is 5.63. The quantitative estimate of drug-likeness (QED) is 0.906. The Kier molecular flexibility index (Phi) is 4.42. The maximum atomic E-state index is 9.77. The van der Waals surface area contributed by atoms with Crippen LogP contribution in [0.2, 0.25) is 0 Å². The molecule has 0 aliphatic carbocycles. The lowest BCUT2D eigenvalue weighted by Gasteiger charge is -2.43. The molecule has 106 valence electrons. The van der Waals surface area contributed by atoms with E-state index in [-0.39, 0.29) is 0 Å². The van der Waals surface area contributed by atoms with Crippen molar-refractivity contribution in [3.05, 3.63) is 24.0 Å². The third kappa shape index (κ3) is 3.07. The van der Waals surface area contributed by atoms with Gasteiger partial charge in [0.1, 0.15) is 0 Å². The van der Waals surface area contributed by atoms with Crippen molar-refractivity contribution < 1.29 is 5.11 Å². The van der Waals surface area contributed by atoms with E-state index in [9.17, 15) is 5.11 Å². The minimum atomic E-state index is -0.445. The summed E-state index contributed by atoms with van der Waals surface area (Å²) in [6.45, 7) is 8.52. The number of aliphatic hydroxyl groups is 1. The van der Waals surface area contributed by atoms with E-state index >= 15 is 0 Å². The molecule has 1 N–H and O–H groups in total. The zero-order valence-corrected chi connectivity index (χ0v) is 12.4. The highest BCUT2D eigenvalue weighted by Crippen LogP contribution is 2.22. The lowest BCUT2D eigenvalue weighted by molar-refractivity contribution is 0.167. The highest BCUT2D eigenvalue weighted by Gasteiger charge is 2.26. The minimum Gasteiger partial charge on any atom is -0.387 e. The van der Waals surface area contributed by atoms with Crippen molar-refractivity contribution in [2.24, 2.45) is 0 Å². The Hall–Kier alpha value is -1.13. The number of aliphatic hydroxyl groups excluding tert-OH is 1. The highest BCUT2D eigenvalue weighted by molar-refractivity contribution is 5.45. The summed E-state index contributed by atoms with van der Waals surface area (Å²) in [6, 6.07) is 5.11. The molecule has 1 fully saturated rings. The van der Waals surface area contributed by atoms with Gasteiger partial charge in [0.25, 0.3) is 0 Å². The maximum absolute atomic E-state index is 9.77. The molecule has 0 bridgehead atoms. The van der Waals surface area contributed by atoms with Crippen LogP contribution in [0.4, 0.5) is 5.69 Å². The van der Waals surface area contributed by atoms with Gasteiger partial charge in [-0.1, -0.05) is 6.92 Å². The molecule has 2 heterocycles. The summed E-state index contributed by atoms with van der Waals surface area (Å²) in [5.41, 5.74) is 1.92. The third-order valence-electron chi connectivity index (χ3n) is 4.22. The summed E-state index contributed by atoms with van der Waals surface area (Å²) >= 11 is 0. The summed E-state index contributed by atoms with van der Waals surface area (Å²) in [4.78, 5) is 9.18. The predicted octanol–water partition coefficient (Wildman–Crippen LogP) is 2.05. The zero-order chi connectivity index (χ0) is 14.0. The minimum absolute atomic E-state index is 0.445. The second-order valence-corrected chi connectivity index (χ2v) is 5.63. The van der Waals surface area contributed by atoms with Crippen molar-refractivity contribution in [3.63, 3.8) is 0 Å². The third-order valence-corrected chi connectivity index (χ3v) is 4.22. The number of hydrogen-bond acceptors (Lipinski definition) is 4. The van der Waals surface area contributed by atoms with Crippen LogP contribution in [-0.4, -0.2) is 47.2 Å². The Labute approximate surface area is 116 Å². The molecule has 1 aliphatic heterocycles. The molecule has 4 nitrogen and oxygen atoms in total. The number of piperazine rings is 1. The van der Waals surface area contributed by atoms with Gasteiger partial charge in [0.2, 0.25) is 0 Å². The molecule has 2 rings (SSSR count). The van der Waals surface area contributed by atoms with Gasteiger partial charge in [0.05, 0.1) is 23.7 Å². The van der Waals surface area contributed by atoms with Crippen molar-refractivity contribution in [1.29, 1.82) is 0 Å². The topological polar surface area (TPSA) is 39.6 Å². The first-order chi connectivity index (χ1) is 9.02. The van der Waals surface area contributed by atoms with Gasteiger partial charge in [0, 0.05) is 25.2 Å². The number of pyridine rings is 1. The van der Waals surface area contributed by atoms with E-state index in [0.717, 1.165) is 24.5 Å². The fraction of sp³-hybridized carbons (Fsp3) is 0.667. The fourth-order valence-electron chi connectivity index (χ4n) is 2.61. The Bertz CT molecular complexity index is 394. The van der Waals surface area contributed by atoms with Crippen molar-refractivity contribution in [3.8, 4) is 0 Å². The summed E-state index contributed by atoms with van der Waals surface area (Å²) in [7, 11) is 2.19. The van der Waals surface area contributed by atoms with Crippen LogP contribution in [0.5, 0.6) is 0 Å². The van der Waals surface area contributed by atoms with E-state index in [1.807, 2.05) is 19.2 Å². The first kappa shape index (κ1) is 14.3. The van der Waals surface area contributed by atoms with Crippen LogP contribution in [-0.2, 0) is 0 Å².